The van der Waals surface area contributed by atoms with Crippen molar-refractivity contribution in [3.05, 3.63) is 65.7 Å². The van der Waals surface area contributed by atoms with Crippen molar-refractivity contribution < 1.29 is 13.7 Å². The van der Waals surface area contributed by atoms with Gasteiger partial charge in [-0.05, 0) is 36.4 Å². The van der Waals surface area contributed by atoms with Gasteiger partial charge < -0.3 is 9.64 Å². The highest BCUT2D eigenvalue weighted by Crippen LogP contribution is 2.28. The van der Waals surface area contributed by atoms with Crippen molar-refractivity contribution in [2.75, 3.05) is 24.9 Å². The summed E-state index contributed by atoms with van der Waals surface area (Å²) in [4.78, 5) is 16.0. The summed E-state index contributed by atoms with van der Waals surface area (Å²) in [5.41, 5.74) is 0.705. The molecule has 5 nitrogen and oxygen atoms in total. The molecule has 24 heavy (non-hydrogen) atoms. The lowest BCUT2D eigenvalue weighted by Crippen LogP contribution is -2.24. The number of para-hydroxylation sites is 1. The molecule has 2 aromatic rings. The lowest BCUT2D eigenvalue weighted by Gasteiger charge is -2.15. The Labute approximate surface area is 143 Å². The molecule has 0 spiro atoms. The number of anilines is 1. The zero-order valence-corrected chi connectivity index (χ0v) is 14.3. The molecule has 1 amide bonds. The Morgan fingerprint density at radius 2 is 1.67 bits per heavy atom. The maximum Gasteiger partial charge on any atom is 0.269 e. The van der Waals surface area contributed by atoms with E-state index in [9.17, 15) is 9.00 Å². The van der Waals surface area contributed by atoms with E-state index in [-0.39, 0.29) is 11.8 Å². The number of hydrogen-bond acceptors (Lipinski definition) is 4. The van der Waals surface area contributed by atoms with Gasteiger partial charge in [0.15, 0.2) is 0 Å². The Morgan fingerprint density at radius 1 is 1.04 bits per heavy atom. The van der Waals surface area contributed by atoms with Crippen LogP contribution in [0.1, 0.15) is 0 Å². The first-order valence-electron chi connectivity index (χ1n) is 7.46. The second kappa shape index (κ2) is 6.88. The van der Waals surface area contributed by atoms with Gasteiger partial charge in [0.2, 0.25) is 0 Å². The third kappa shape index (κ3) is 3.49. The Morgan fingerprint density at radius 3 is 2.29 bits per heavy atom. The molecule has 3 rings (SSSR count). The maximum atomic E-state index is 12.4. The average Bonchev–Trinajstić information content (AvgIpc) is 2.84. The normalized spacial score (nSPS) is 18.9. The van der Waals surface area contributed by atoms with Crippen molar-refractivity contribution in [3.63, 3.8) is 0 Å². The van der Waals surface area contributed by atoms with E-state index in [1.54, 1.807) is 49.5 Å². The van der Waals surface area contributed by atoms with E-state index in [0.717, 1.165) is 5.75 Å². The first-order chi connectivity index (χ1) is 11.5. The van der Waals surface area contributed by atoms with Crippen LogP contribution in [0.2, 0.25) is 0 Å². The minimum absolute atomic E-state index is 0.178. The standard InChI is InChI=1S/C18H18N2O3S/c1-19(2)12-17-18(21)20(13-24(17)22)14-8-10-16(11-9-14)23-15-6-4-3-5-7-15/h3-12H,13H2,1-2H3/b17-12+/t24-/m1/s1. The van der Waals surface area contributed by atoms with E-state index in [0.29, 0.717) is 16.3 Å². The van der Waals surface area contributed by atoms with Crippen LogP contribution < -0.4 is 9.64 Å². The average molecular weight is 342 g/mol. The van der Waals surface area contributed by atoms with Crippen LogP contribution in [0.5, 0.6) is 11.5 Å². The highest BCUT2D eigenvalue weighted by Gasteiger charge is 2.33. The number of carbonyl (C=O) groups excluding carboxylic acids is 1. The molecular weight excluding hydrogens is 324 g/mol. The zero-order valence-electron chi connectivity index (χ0n) is 13.5. The van der Waals surface area contributed by atoms with Crippen molar-refractivity contribution in [3.8, 4) is 11.5 Å². The first-order valence-corrected chi connectivity index (χ1v) is 8.78. The fraction of sp³-hybridized carbons (Fsp3) is 0.167. The molecule has 0 saturated carbocycles. The van der Waals surface area contributed by atoms with Crippen LogP contribution in [0.4, 0.5) is 5.69 Å². The van der Waals surface area contributed by atoms with E-state index in [1.165, 1.54) is 4.90 Å². The number of amides is 1. The summed E-state index contributed by atoms with van der Waals surface area (Å²) in [6, 6.07) is 16.7. The van der Waals surface area contributed by atoms with Crippen molar-refractivity contribution in [2.24, 2.45) is 0 Å². The minimum Gasteiger partial charge on any atom is -0.457 e. The number of benzene rings is 2. The summed E-state index contributed by atoms with van der Waals surface area (Å²) in [5.74, 6) is 1.39. The van der Waals surface area contributed by atoms with Crippen molar-refractivity contribution in [1.82, 2.24) is 4.90 Å². The number of carbonyl (C=O) groups is 1. The lowest BCUT2D eigenvalue weighted by molar-refractivity contribution is -0.114. The fourth-order valence-corrected chi connectivity index (χ4v) is 3.61. The van der Waals surface area contributed by atoms with Gasteiger partial charge in [0.1, 0.15) is 22.3 Å². The van der Waals surface area contributed by atoms with Gasteiger partial charge in [-0.3, -0.25) is 13.9 Å². The SMILES string of the molecule is CN(C)/C=C1\C(=O)N(c2ccc(Oc3ccccc3)cc2)C[S@]1=O. The van der Waals surface area contributed by atoms with Gasteiger partial charge in [-0.25, -0.2) is 0 Å². The third-order valence-corrected chi connectivity index (χ3v) is 4.71. The minimum atomic E-state index is -1.31. The highest BCUT2D eigenvalue weighted by molar-refractivity contribution is 7.90. The van der Waals surface area contributed by atoms with Crippen LogP contribution in [0.3, 0.4) is 0 Å². The monoisotopic (exact) mass is 342 g/mol. The van der Waals surface area contributed by atoms with Crippen molar-refractivity contribution >= 4 is 22.4 Å². The maximum absolute atomic E-state index is 12.4. The largest absolute Gasteiger partial charge is 0.457 e. The number of hydrogen-bond donors (Lipinski definition) is 0. The van der Waals surface area contributed by atoms with Crippen LogP contribution in [-0.2, 0) is 15.6 Å². The van der Waals surface area contributed by atoms with Crippen molar-refractivity contribution in [2.45, 2.75) is 0 Å². The molecule has 0 N–H and O–H groups in total. The Kier molecular flexibility index (Phi) is 4.66. The molecule has 6 heteroatoms. The molecule has 1 aliphatic heterocycles. The predicted octanol–water partition coefficient (Wildman–Crippen LogP) is 2.93. The summed E-state index contributed by atoms with van der Waals surface area (Å²) >= 11 is 0. The number of rotatable bonds is 4. The second-order valence-electron chi connectivity index (χ2n) is 5.57. The lowest BCUT2D eigenvalue weighted by atomic mass is 10.2. The predicted molar refractivity (Wildman–Crippen MR) is 95.2 cm³/mol. The first kappa shape index (κ1) is 16.3. The van der Waals surface area contributed by atoms with Crippen LogP contribution in [0.15, 0.2) is 65.7 Å². The molecule has 2 aromatic carbocycles. The molecule has 1 fully saturated rings. The smallest absolute Gasteiger partial charge is 0.269 e. The van der Waals surface area contributed by atoms with Crippen LogP contribution >= 0.6 is 0 Å². The van der Waals surface area contributed by atoms with Gasteiger partial charge in [-0.2, -0.15) is 0 Å². The molecule has 0 unspecified atom stereocenters. The molecule has 0 bridgehead atoms. The summed E-state index contributed by atoms with van der Waals surface area (Å²) in [6.07, 6.45) is 1.62. The van der Waals surface area contributed by atoms with Crippen molar-refractivity contribution in [1.29, 1.82) is 0 Å². The molecule has 0 aliphatic carbocycles. The Hall–Kier alpha value is -2.60. The highest BCUT2D eigenvalue weighted by atomic mass is 32.2. The third-order valence-electron chi connectivity index (χ3n) is 3.45. The van der Waals surface area contributed by atoms with Gasteiger partial charge in [0, 0.05) is 26.0 Å². The van der Waals surface area contributed by atoms with Gasteiger partial charge in [0.25, 0.3) is 5.91 Å². The quantitative estimate of drug-likeness (QED) is 0.802. The second-order valence-corrected chi connectivity index (χ2v) is 6.96. The number of nitrogens with zero attached hydrogens (tertiary/aromatic N) is 2. The molecule has 1 heterocycles. The molecule has 0 radical (unpaired) electrons. The van der Waals surface area contributed by atoms with Gasteiger partial charge in [-0.1, -0.05) is 18.2 Å². The van der Waals surface area contributed by atoms with Crippen LogP contribution in [-0.4, -0.2) is 35.0 Å². The Bertz CT molecular complexity index is 786. The number of ether oxygens (including phenoxy) is 1. The zero-order chi connectivity index (χ0) is 17.1. The Balaban J connectivity index is 1.77. The van der Waals surface area contributed by atoms with Gasteiger partial charge in [0.05, 0.1) is 10.8 Å². The van der Waals surface area contributed by atoms with Crippen LogP contribution in [0, 0.1) is 0 Å². The summed E-state index contributed by atoms with van der Waals surface area (Å²) in [6.45, 7) is 0. The van der Waals surface area contributed by atoms with E-state index in [2.05, 4.69) is 0 Å². The summed E-state index contributed by atoms with van der Waals surface area (Å²) in [7, 11) is 2.29. The summed E-state index contributed by atoms with van der Waals surface area (Å²) < 4.78 is 17.9. The summed E-state index contributed by atoms with van der Waals surface area (Å²) in [5, 5.41) is 0. The molecular formula is C18H18N2O3S. The van der Waals surface area contributed by atoms with E-state index >= 15 is 0 Å². The van der Waals surface area contributed by atoms with Gasteiger partial charge >= 0.3 is 0 Å². The molecule has 1 aliphatic rings. The fourth-order valence-electron chi connectivity index (χ4n) is 2.33. The van der Waals surface area contributed by atoms with Gasteiger partial charge in [-0.15, -0.1) is 0 Å². The van der Waals surface area contributed by atoms with E-state index < -0.39 is 10.8 Å². The van der Waals surface area contributed by atoms with E-state index in [4.69, 9.17) is 4.74 Å². The molecule has 124 valence electrons. The topological polar surface area (TPSA) is 49.9 Å². The molecule has 0 aromatic heterocycles. The molecule has 1 saturated heterocycles. The van der Waals surface area contributed by atoms with E-state index in [1.807, 2.05) is 30.3 Å². The van der Waals surface area contributed by atoms with Crippen LogP contribution in [0.25, 0.3) is 0 Å². The molecule has 1 atom stereocenters.